The molecule has 0 bridgehead atoms. The van der Waals surface area contributed by atoms with Crippen LogP contribution in [0.4, 0.5) is 0 Å². The number of H-pyrrole nitrogens is 1. The summed E-state index contributed by atoms with van der Waals surface area (Å²) >= 11 is 3.42. The number of aryl methyl sites for hydroxylation is 1. The number of β-lactam (4-membered cyclic amide) rings is 1. The molecule has 13 nitrogen and oxygen atoms in total. The van der Waals surface area contributed by atoms with Crippen LogP contribution >= 0.6 is 34.9 Å². The zero-order chi connectivity index (χ0) is 23.0. The summed E-state index contributed by atoms with van der Waals surface area (Å²) in [4.78, 5) is 40.7. The van der Waals surface area contributed by atoms with E-state index in [9.17, 15) is 24.7 Å². The van der Waals surface area contributed by atoms with Crippen LogP contribution in [0.3, 0.4) is 0 Å². The maximum absolute atomic E-state index is 12.7. The van der Waals surface area contributed by atoms with E-state index in [1.807, 2.05) is 0 Å². The molecule has 2 amide bonds. The smallest absolute Gasteiger partial charge is 0.543 e. The van der Waals surface area contributed by atoms with Crippen LogP contribution in [0.15, 0.2) is 31.4 Å². The van der Waals surface area contributed by atoms with E-state index in [0.717, 1.165) is 28.0 Å². The van der Waals surface area contributed by atoms with Gasteiger partial charge in [0.05, 0.1) is 17.4 Å². The Morgan fingerprint density at radius 1 is 1.52 bits per heavy atom. The van der Waals surface area contributed by atoms with Crippen molar-refractivity contribution in [2.24, 2.45) is 5.16 Å². The Bertz CT molecular complexity index is 1220. The number of hydrogen-bond acceptors (Lipinski definition) is 13. The Kier molecular flexibility index (Phi) is 8.07. The minimum Gasteiger partial charge on any atom is -0.543 e. The number of thiazole rings is 1. The number of carboxylic acid groups (broad SMARTS) is 1. The number of carboxylic acids is 1. The first-order valence-electron chi connectivity index (χ1n) is 8.86. The number of hydrogen-bond donors (Lipinski definition) is 4. The van der Waals surface area contributed by atoms with Gasteiger partial charge in [0.2, 0.25) is 5.89 Å². The predicted molar refractivity (Wildman–Crippen MR) is 110 cm³/mol. The number of carbonyl (C=O) groups is 3. The van der Waals surface area contributed by atoms with Crippen LogP contribution < -0.4 is 44.8 Å². The quantitative estimate of drug-likeness (QED) is 0.0691. The van der Waals surface area contributed by atoms with Crippen LogP contribution in [0.5, 0.6) is 0 Å². The number of oxime groups is 1. The van der Waals surface area contributed by atoms with E-state index in [0.29, 0.717) is 11.5 Å². The van der Waals surface area contributed by atoms with Crippen LogP contribution in [0.2, 0.25) is 0 Å². The van der Waals surface area contributed by atoms with Crippen molar-refractivity contribution in [1.82, 2.24) is 25.4 Å². The first-order valence-corrected chi connectivity index (χ1v) is 11.8. The molecule has 17 heteroatoms. The Balaban J connectivity index is 0.00000306. The van der Waals surface area contributed by atoms with Crippen molar-refractivity contribution in [3.8, 4) is 0 Å². The van der Waals surface area contributed by atoms with Gasteiger partial charge >= 0.3 is 29.6 Å². The molecule has 2 aliphatic heterocycles. The molecule has 2 atom stereocenters. The molecule has 4 heterocycles. The Hall–Kier alpha value is -2.11. The van der Waals surface area contributed by atoms with Gasteiger partial charge in [-0.15, -0.1) is 33.3 Å². The molecule has 0 aromatic carbocycles. The predicted octanol–water partition coefficient (Wildman–Crippen LogP) is -4.37. The molecule has 0 aliphatic carbocycles. The number of aromatic nitrogens is 3. The van der Waals surface area contributed by atoms with Gasteiger partial charge in [-0.2, -0.15) is 0 Å². The second-order valence-corrected chi connectivity index (χ2v) is 9.44. The van der Waals surface area contributed by atoms with Gasteiger partial charge in [-0.3, -0.25) is 19.9 Å². The summed E-state index contributed by atoms with van der Waals surface area (Å²) in [5, 5.41) is 42.5. The molecule has 33 heavy (non-hydrogen) atoms. The Labute approximate surface area is 219 Å². The van der Waals surface area contributed by atoms with Gasteiger partial charge in [0.1, 0.15) is 11.4 Å². The van der Waals surface area contributed by atoms with E-state index < -0.39 is 34.9 Å². The molecule has 2 aromatic rings. The molecule has 1 fully saturated rings. The van der Waals surface area contributed by atoms with Crippen LogP contribution in [-0.2, 0) is 14.4 Å². The summed E-state index contributed by atoms with van der Waals surface area (Å²) < 4.78 is 5.26. The summed E-state index contributed by atoms with van der Waals surface area (Å²) in [6.45, 7) is 1.63. The summed E-state index contributed by atoms with van der Waals surface area (Å²) in [5.74, 6) is -2.10. The fourth-order valence-electron chi connectivity index (χ4n) is 3.11. The number of aliphatic carboxylic acids is 1. The standard InChI is InChI=1S/C16H15N7O6S3.Na/c1-5-20-21-16(29-5)32-3-6-2-30-13-9(12(25)23(13)10(6)14(26)27)19-11(24)8(22-28)7-4-31-15(17)18-7;/h4,9,13,28H,2-3H2,1H3,(H2,17,18)(H,19,24)(H,26,27);/q;+1/p-1/b22-8-;/t9?,13-;/m1./s1. The monoisotopic (exact) mass is 519 g/mol. The first kappa shape index (κ1) is 25.5. The van der Waals surface area contributed by atoms with E-state index in [1.54, 1.807) is 6.92 Å². The molecule has 4 rings (SSSR count). The van der Waals surface area contributed by atoms with E-state index in [4.69, 9.17) is 9.83 Å². The van der Waals surface area contributed by atoms with E-state index >= 15 is 0 Å². The van der Waals surface area contributed by atoms with Gasteiger partial charge in [0, 0.05) is 23.8 Å². The van der Waals surface area contributed by atoms with Gasteiger partial charge in [0.25, 0.3) is 17.0 Å². The maximum Gasteiger partial charge on any atom is 1.00 e. The van der Waals surface area contributed by atoms with Crippen molar-refractivity contribution in [1.29, 1.82) is 5.41 Å². The van der Waals surface area contributed by atoms with Gasteiger partial charge in [-0.1, -0.05) is 16.9 Å². The van der Waals surface area contributed by atoms with E-state index in [-0.39, 0.29) is 62.5 Å². The van der Waals surface area contributed by atoms with Gasteiger partial charge in [-0.05, 0) is 5.57 Å². The third-order valence-electron chi connectivity index (χ3n) is 4.52. The zero-order valence-corrected chi connectivity index (χ0v) is 21.6. The topological polar surface area (TPSA) is 201 Å². The first-order chi connectivity index (χ1) is 15.3. The fourth-order valence-corrected chi connectivity index (χ4v) is 5.98. The molecule has 1 saturated heterocycles. The number of amides is 2. The minimum atomic E-state index is -1.50. The van der Waals surface area contributed by atoms with Crippen LogP contribution in [0.25, 0.3) is 0 Å². The molecule has 0 saturated carbocycles. The van der Waals surface area contributed by atoms with Crippen LogP contribution in [0.1, 0.15) is 11.6 Å². The maximum atomic E-state index is 12.7. The molecular formula is C16H14N7NaO6S3. The van der Waals surface area contributed by atoms with Gasteiger partial charge < -0.3 is 29.8 Å². The molecule has 4 N–H and O–H groups in total. The van der Waals surface area contributed by atoms with Crippen molar-refractivity contribution in [3.63, 3.8) is 0 Å². The molecular weight excluding hydrogens is 505 g/mol. The van der Waals surface area contributed by atoms with Crippen molar-refractivity contribution < 1.29 is 58.7 Å². The zero-order valence-electron chi connectivity index (χ0n) is 17.1. The summed E-state index contributed by atoms with van der Waals surface area (Å²) in [6, 6.07) is -1.01. The van der Waals surface area contributed by atoms with Crippen LogP contribution in [-0.4, -0.2) is 71.7 Å². The summed E-state index contributed by atoms with van der Waals surface area (Å²) in [6.07, 6.45) is 0. The second kappa shape index (κ2) is 10.4. The summed E-state index contributed by atoms with van der Waals surface area (Å²) in [5.41, 5.74) is -0.0621. The number of aromatic amines is 1. The molecule has 2 aromatic heterocycles. The second-order valence-electron chi connectivity index (χ2n) is 6.53. The number of thioether (sulfide) groups is 2. The van der Waals surface area contributed by atoms with Crippen molar-refractivity contribution in [3.05, 3.63) is 33.0 Å². The molecule has 2 aliphatic rings. The molecule has 0 spiro atoms. The molecule has 168 valence electrons. The van der Waals surface area contributed by atoms with Gasteiger partial charge in [0.15, 0.2) is 10.5 Å². The average Bonchev–Trinajstić information content (AvgIpc) is 3.38. The van der Waals surface area contributed by atoms with E-state index in [1.165, 1.54) is 17.1 Å². The largest absolute Gasteiger partial charge is 1.00 e. The van der Waals surface area contributed by atoms with Crippen LogP contribution in [0, 0.1) is 12.3 Å². The number of carbonyl (C=O) groups excluding carboxylic acids is 3. The summed E-state index contributed by atoms with van der Waals surface area (Å²) in [7, 11) is 0. The normalized spacial score (nSPS) is 20.1. The number of fused-ring (bicyclic) bond motifs is 1. The Morgan fingerprint density at radius 3 is 2.85 bits per heavy atom. The van der Waals surface area contributed by atoms with Crippen molar-refractivity contribution in [2.45, 2.75) is 23.6 Å². The Morgan fingerprint density at radius 2 is 2.27 bits per heavy atom. The van der Waals surface area contributed by atoms with Crippen molar-refractivity contribution >= 4 is 58.4 Å². The third-order valence-corrected chi connectivity index (χ3v) is 7.45. The minimum absolute atomic E-state index is 0. The molecule has 0 radical (unpaired) electrons. The number of rotatable bonds is 7. The van der Waals surface area contributed by atoms with Crippen molar-refractivity contribution in [2.75, 3.05) is 11.5 Å². The van der Waals surface area contributed by atoms with E-state index in [2.05, 4.69) is 25.7 Å². The SMILES string of the molecule is Cc1nnc(SCC2=C(C(=O)[O-])N3C(=O)C(NC(=O)/C(=N\O)c4csc(=N)[nH]4)[C@H]3SC2)o1.[Na+]. The average molecular weight is 520 g/mol. The third kappa shape index (κ3) is 5.04. The molecule has 1 unspecified atom stereocenters. The van der Waals surface area contributed by atoms with Gasteiger partial charge in [-0.25, -0.2) is 0 Å². The fraction of sp³-hybridized carbons (Fsp3) is 0.312. The number of nitrogens with one attached hydrogen (secondary N) is 3. The number of nitrogens with zero attached hydrogens (tertiary/aromatic N) is 4.